The molecule has 0 radical (unpaired) electrons. The third-order valence-corrected chi connectivity index (χ3v) is 4.60. The van der Waals surface area contributed by atoms with Crippen LogP contribution in [0.4, 0.5) is 5.69 Å². The molecule has 0 saturated carbocycles. The second kappa shape index (κ2) is 7.03. The average molecular weight is 361 g/mol. The van der Waals surface area contributed by atoms with E-state index < -0.39 is 0 Å². The lowest BCUT2D eigenvalue weighted by molar-refractivity contribution is -0.116. The van der Waals surface area contributed by atoms with Crippen LogP contribution in [0.25, 0.3) is 5.82 Å². The number of imidazole rings is 1. The van der Waals surface area contributed by atoms with Crippen molar-refractivity contribution in [3.05, 3.63) is 71.4 Å². The molecule has 1 aliphatic heterocycles. The van der Waals surface area contributed by atoms with Crippen molar-refractivity contribution in [2.45, 2.75) is 26.3 Å². The minimum atomic E-state index is -0.146. The van der Waals surface area contributed by atoms with E-state index in [0.717, 1.165) is 28.5 Å². The van der Waals surface area contributed by atoms with Gasteiger partial charge in [0.2, 0.25) is 5.91 Å². The van der Waals surface area contributed by atoms with Gasteiger partial charge in [-0.2, -0.15) is 0 Å². The molecule has 7 nitrogen and oxygen atoms in total. The van der Waals surface area contributed by atoms with Gasteiger partial charge in [0.25, 0.3) is 5.91 Å². The van der Waals surface area contributed by atoms with Crippen molar-refractivity contribution in [2.75, 3.05) is 5.32 Å². The Kier molecular flexibility index (Phi) is 4.42. The number of pyridine rings is 1. The molecule has 1 aliphatic rings. The van der Waals surface area contributed by atoms with E-state index in [-0.39, 0.29) is 11.8 Å². The number of aromatic nitrogens is 3. The van der Waals surface area contributed by atoms with Crippen LogP contribution >= 0.6 is 0 Å². The minimum absolute atomic E-state index is 0.0151. The monoisotopic (exact) mass is 361 g/mol. The third kappa shape index (κ3) is 3.57. The Balaban J connectivity index is 1.45. The van der Waals surface area contributed by atoms with Gasteiger partial charge in [0, 0.05) is 42.8 Å². The number of rotatable bonds is 4. The van der Waals surface area contributed by atoms with E-state index in [1.807, 2.05) is 35.9 Å². The predicted molar refractivity (Wildman–Crippen MR) is 101 cm³/mol. The predicted octanol–water partition coefficient (Wildman–Crippen LogP) is 2.39. The largest absolute Gasteiger partial charge is 0.348 e. The second-order valence-electron chi connectivity index (χ2n) is 6.47. The van der Waals surface area contributed by atoms with Crippen molar-refractivity contribution in [3.63, 3.8) is 0 Å². The van der Waals surface area contributed by atoms with Gasteiger partial charge in [-0.15, -0.1) is 0 Å². The van der Waals surface area contributed by atoms with Crippen molar-refractivity contribution < 1.29 is 9.59 Å². The highest BCUT2D eigenvalue weighted by Gasteiger charge is 2.16. The Morgan fingerprint density at radius 2 is 2.07 bits per heavy atom. The zero-order valence-corrected chi connectivity index (χ0v) is 14.9. The number of aryl methyl sites for hydroxylation is 2. The summed E-state index contributed by atoms with van der Waals surface area (Å²) >= 11 is 0. The first-order valence-corrected chi connectivity index (χ1v) is 8.76. The number of amides is 2. The van der Waals surface area contributed by atoms with Crippen molar-refractivity contribution in [1.82, 2.24) is 19.9 Å². The summed E-state index contributed by atoms with van der Waals surface area (Å²) in [4.78, 5) is 32.5. The Hall–Kier alpha value is -3.48. The van der Waals surface area contributed by atoms with Gasteiger partial charge in [-0.25, -0.2) is 9.97 Å². The fourth-order valence-electron chi connectivity index (χ4n) is 3.13. The standard InChI is InChI=1S/C20H19N5O2/c1-13-21-8-9-25(13)18-10-14(6-7-22-18)12-23-20(27)16-2-4-17-15(11-16)3-5-19(26)24-17/h2,4,6-11H,3,5,12H2,1H3,(H,23,27)(H,24,26). The van der Waals surface area contributed by atoms with Gasteiger partial charge in [-0.3, -0.25) is 14.2 Å². The zero-order valence-electron chi connectivity index (χ0n) is 14.9. The molecule has 2 aromatic heterocycles. The van der Waals surface area contributed by atoms with Gasteiger partial charge >= 0.3 is 0 Å². The molecule has 4 rings (SSSR count). The highest BCUT2D eigenvalue weighted by atomic mass is 16.2. The molecule has 2 N–H and O–H groups in total. The van der Waals surface area contributed by atoms with Crippen molar-refractivity contribution in [3.8, 4) is 5.82 Å². The molecular formula is C20H19N5O2. The molecule has 2 amide bonds. The fourth-order valence-corrected chi connectivity index (χ4v) is 3.13. The van der Waals surface area contributed by atoms with Crippen LogP contribution in [-0.2, 0) is 17.8 Å². The van der Waals surface area contributed by atoms with Gasteiger partial charge in [-0.05, 0) is 54.8 Å². The topological polar surface area (TPSA) is 88.9 Å². The van der Waals surface area contributed by atoms with Gasteiger partial charge < -0.3 is 10.6 Å². The summed E-state index contributed by atoms with van der Waals surface area (Å²) in [6, 6.07) is 9.16. The lowest BCUT2D eigenvalue weighted by Gasteiger charge is -2.17. The quantitative estimate of drug-likeness (QED) is 0.747. The zero-order chi connectivity index (χ0) is 18.8. The highest BCUT2D eigenvalue weighted by molar-refractivity contribution is 5.97. The van der Waals surface area contributed by atoms with E-state index in [1.54, 1.807) is 24.5 Å². The molecule has 136 valence electrons. The summed E-state index contributed by atoms with van der Waals surface area (Å²) in [5.74, 6) is 1.49. The molecule has 0 unspecified atom stereocenters. The molecule has 7 heteroatoms. The van der Waals surface area contributed by atoms with Gasteiger partial charge in [0.15, 0.2) is 0 Å². The van der Waals surface area contributed by atoms with Crippen LogP contribution in [-0.4, -0.2) is 26.3 Å². The van der Waals surface area contributed by atoms with E-state index in [1.165, 1.54) is 0 Å². The average Bonchev–Trinajstić information content (AvgIpc) is 3.12. The first-order valence-electron chi connectivity index (χ1n) is 8.76. The number of carbonyl (C=O) groups excluding carboxylic acids is 2. The molecule has 27 heavy (non-hydrogen) atoms. The SMILES string of the molecule is Cc1nccn1-c1cc(CNC(=O)c2ccc3c(c2)CCC(=O)N3)ccn1. The van der Waals surface area contributed by atoms with Crippen LogP contribution < -0.4 is 10.6 Å². The van der Waals surface area contributed by atoms with Crippen LogP contribution in [0.15, 0.2) is 48.9 Å². The van der Waals surface area contributed by atoms with Gasteiger partial charge in [0.05, 0.1) is 0 Å². The molecular weight excluding hydrogens is 342 g/mol. The van der Waals surface area contributed by atoms with Gasteiger partial charge in [0.1, 0.15) is 11.6 Å². The number of fused-ring (bicyclic) bond motifs is 1. The van der Waals surface area contributed by atoms with E-state index in [2.05, 4.69) is 20.6 Å². The minimum Gasteiger partial charge on any atom is -0.348 e. The molecule has 3 heterocycles. The van der Waals surface area contributed by atoms with Crippen LogP contribution in [0.5, 0.6) is 0 Å². The Labute approximate surface area is 156 Å². The first kappa shape index (κ1) is 17.0. The van der Waals surface area contributed by atoms with E-state index in [0.29, 0.717) is 24.9 Å². The highest BCUT2D eigenvalue weighted by Crippen LogP contribution is 2.23. The normalized spacial score (nSPS) is 13.0. The van der Waals surface area contributed by atoms with E-state index in [9.17, 15) is 9.59 Å². The summed E-state index contributed by atoms with van der Waals surface area (Å²) in [6.45, 7) is 2.31. The molecule has 0 aliphatic carbocycles. The van der Waals surface area contributed by atoms with Crippen LogP contribution in [0.3, 0.4) is 0 Å². The Bertz CT molecular complexity index is 1020. The van der Waals surface area contributed by atoms with Crippen LogP contribution in [0, 0.1) is 6.92 Å². The number of nitrogens with one attached hydrogen (secondary N) is 2. The number of anilines is 1. The molecule has 0 atom stereocenters. The van der Waals surface area contributed by atoms with Crippen molar-refractivity contribution in [2.24, 2.45) is 0 Å². The molecule has 0 saturated heterocycles. The molecule has 0 spiro atoms. The smallest absolute Gasteiger partial charge is 0.251 e. The molecule has 0 fully saturated rings. The van der Waals surface area contributed by atoms with Gasteiger partial charge in [-0.1, -0.05) is 0 Å². The second-order valence-corrected chi connectivity index (χ2v) is 6.47. The number of carbonyl (C=O) groups is 2. The van der Waals surface area contributed by atoms with E-state index in [4.69, 9.17) is 0 Å². The van der Waals surface area contributed by atoms with Crippen LogP contribution in [0.2, 0.25) is 0 Å². The lowest BCUT2D eigenvalue weighted by atomic mass is 10.00. The Morgan fingerprint density at radius 1 is 1.19 bits per heavy atom. The lowest BCUT2D eigenvalue weighted by Crippen LogP contribution is -2.24. The number of hydrogen-bond acceptors (Lipinski definition) is 4. The molecule has 1 aromatic carbocycles. The maximum atomic E-state index is 12.5. The number of nitrogens with zero attached hydrogens (tertiary/aromatic N) is 3. The van der Waals surface area contributed by atoms with Crippen molar-refractivity contribution in [1.29, 1.82) is 0 Å². The summed E-state index contributed by atoms with van der Waals surface area (Å²) < 4.78 is 1.89. The van der Waals surface area contributed by atoms with E-state index >= 15 is 0 Å². The van der Waals surface area contributed by atoms with Crippen molar-refractivity contribution >= 4 is 17.5 Å². The van der Waals surface area contributed by atoms with Crippen LogP contribution in [0.1, 0.15) is 33.7 Å². The Morgan fingerprint density at radius 3 is 2.89 bits per heavy atom. The number of hydrogen-bond donors (Lipinski definition) is 2. The summed E-state index contributed by atoms with van der Waals surface area (Å²) in [5.41, 5.74) is 3.32. The molecule has 3 aromatic rings. The fraction of sp³-hybridized carbons (Fsp3) is 0.200. The maximum absolute atomic E-state index is 12.5. The number of benzene rings is 1. The molecule has 0 bridgehead atoms. The third-order valence-electron chi connectivity index (χ3n) is 4.60. The summed E-state index contributed by atoms with van der Waals surface area (Å²) in [6.07, 6.45) is 6.40. The summed E-state index contributed by atoms with van der Waals surface area (Å²) in [5, 5.41) is 5.76. The summed E-state index contributed by atoms with van der Waals surface area (Å²) in [7, 11) is 0. The maximum Gasteiger partial charge on any atom is 0.251 e. The first-order chi connectivity index (χ1) is 13.1.